The lowest BCUT2D eigenvalue weighted by molar-refractivity contribution is -0.115. The van der Waals surface area contributed by atoms with Crippen molar-refractivity contribution in [2.45, 2.75) is 33.7 Å². The van der Waals surface area contributed by atoms with Crippen LogP contribution in [0.25, 0.3) is 22.6 Å². The monoisotopic (exact) mass is 531 g/mol. The Kier molecular flexibility index (Phi) is 8.25. The largest absolute Gasteiger partial charge is 0.352 e. The van der Waals surface area contributed by atoms with Crippen LogP contribution in [0, 0.1) is 12.8 Å². The van der Waals surface area contributed by atoms with Crippen LogP contribution in [-0.2, 0) is 17.8 Å². The average Bonchev–Trinajstić information content (AvgIpc) is 3.49. The first kappa shape index (κ1) is 26.7. The first-order valence-electron chi connectivity index (χ1n) is 13.4. The molecule has 202 valence electrons. The van der Waals surface area contributed by atoms with Crippen molar-refractivity contribution >= 4 is 17.4 Å². The number of carbonyl (C=O) groups excluding carboxylic acids is 1. The lowest BCUT2D eigenvalue weighted by Gasteiger charge is -2.27. The lowest BCUT2D eigenvalue weighted by Crippen LogP contribution is -2.28. The Morgan fingerprint density at radius 2 is 1.62 bits per heavy atom. The molecule has 0 unspecified atom stereocenters. The summed E-state index contributed by atoms with van der Waals surface area (Å²) in [5, 5.41) is 17.7. The predicted molar refractivity (Wildman–Crippen MR) is 159 cm³/mol. The molecule has 2 aromatic heterocycles. The molecular weight excluding hydrogens is 498 g/mol. The van der Waals surface area contributed by atoms with E-state index in [9.17, 15) is 4.79 Å². The van der Waals surface area contributed by atoms with E-state index in [0.717, 1.165) is 46.0 Å². The van der Waals surface area contributed by atoms with E-state index in [0.29, 0.717) is 18.3 Å². The quantitative estimate of drug-likeness (QED) is 0.227. The van der Waals surface area contributed by atoms with Crippen LogP contribution in [0.15, 0.2) is 91.0 Å². The van der Waals surface area contributed by atoms with Crippen molar-refractivity contribution in [2.75, 3.05) is 16.8 Å². The minimum atomic E-state index is -0.0862. The van der Waals surface area contributed by atoms with Gasteiger partial charge >= 0.3 is 0 Å². The number of anilines is 2. The van der Waals surface area contributed by atoms with Crippen molar-refractivity contribution < 1.29 is 4.79 Å². The number of rotatable bonds is 10. The predicted octanol–water partition coefficient (Wildman–Crippen LogP) is 6.08. The normalized spacial score (nSPS) is 11.0. The van der Waals surface area contributed by atoms with E-state index in [1.165, 1.54) is 5.56 Å². The van der Waals surface area contributed by atoms with E-state index in [-0.39, 0.29) is 12.3 Å². The molecule has 2 heterocycles. The van der Waals surface area contributed by atoms with E-state index in [2.05, 4.69) is 69.0 Å². The Morgan fingerprint density at radius 3 is 2.33 bits per heavy atom. The number of aromatic amines is 1. The summed E-state index contributed by atoms with van der Waals surface area (Å²) >= 11 is 0. The second kappa shape index (κ2) is 12.3. The molecule has 0 fully saturated rings. The van der Waals surface area contributed by atoms with Crippen molar-refractivity contribution in [2.24, 2.45) is 5.92 Å². The summed E-state index contributed by atoms with van der Waals surface area (Å²) in [7, 11) is 0. The van der Waals surface area contributed by atoms with Gasteiger partial charge in [0, 0.05) is 29.9 Å². The first-order valence-corrected chi connectivity index (χ1v) is 13.4. The fraction of sp³-hybridized carbons (Fsp3) is 0.219. The third-order valence-corrected chi connectivity index (χ3v) is 6.49. The van der Waals surface area contributed by atoms with Crippen molar-refractivity contribution in [3.8, 4) is 22.6 Å². The van der Waals surface area contributed by atoms with E-state index < -0.39 is 0 Å². The van der Waals surface area contributed by atoms with Crippen LogP contribution >= 0.6 is 0 Å². The highest BCUT2D eigenvalue weighted by molar-refractivity contribution is 5.92. The van der Waals surface area contributed by atoms with Gasteiger partial charge in [-0.1, -0.05) is 86.1 Å². The summed E-state index contributed by atoms with van der Waals surface area (Å²) < 4.78 is 0. The molecular formula is C32H33N7O. The maximum Gasteiger partial charge on any atom is 0.228 e. The summed E-state index contributed by atoms with van der Waals surface area (Å²) in [5.41, 5.74) is 6.42. The van der Waals surface area contributed by atoms with E-state index >= 15 is 0 Å². The Hall–Kier alpha value is -4.85. The maximum atomic E-state index is 13.1. The standard InChI is InChI=1S/C32H33N7O/c1-22(2)20-39(21-24-9-5-4-6-10-24)30-18-25(19-31(40)33-26-15-13-23(3)14-16-26)17-29(34-30)27-11-7-8-12-28(27)32-35-37-38-36-32/h4-18,22H,19-21H2,1-3H3,(H,33,40)(H,35,36,37,38). The van der Waals surface area contributed by atoms with E-state index in [1.54, 1.807) is 0 Å². The molecule has 3 aromatic carbocycles. The van der Waals surface area contributed by atoms with Gasteiger partial charge in [-0.25, -0.2) is 4.98 Å². The van der Waals surface area contributed by atoms with Gasteiger partial charge in [0.2, 0.25) is 11.7 Å². The van der Waals surface area contributed by atoms with Gasteiger partial charge in [0.1, 0.15) is 5.82 Å². The van der Waals surface area contributed by atoms with E-state index in [1.807, 2.05) is 73.7 Å². The number of pyridine rings is 1. The highest BCUT2D eigenvalue weighted by Gasteiger charge is 2.18. The molecule has 0 spiro atoms. The zero-order chi connectivity index (χ0) is 27.9. The molecule has 2 N–H and O–H groups in total. The van der Waals surface area contributed by atoms with Crippen molar-refractivity contribution in [3.05, 3.63) is 108 Å². The van der Waals surface area contributed by atoms with Gasteiger partial charge in [-0.15, -0.1) is 10.2 Å². The fourth-order valence-corrected chi connectivity index (χ4v) is 4.66. The molecule has 8 nitrogen and oxygen atoms in total. The summed E-state index contributed by atoms with van der Waals surface area (Å²) in [6.45, 7) is 7.94. The maximum absolute atomic E-state index is 13.1. The summed E-state index contributed by atoms with van der Waals surface area (Å²) in [5.74, 6) is 1.63. The number of H-pyrrole nitrogens is 1. The molecule has 5 aromatic rings. The van der Waals surface area contributed by atoms with Crippen LogP contribution in [0.3, 0.4) is 0 Å². The number of tetrazole rings is 1. The number of nitrogens with one attached hydrogen (secondary N) is 2. The minimum absolute atomic E-state index is 0.0862. The number of benzene rings is 3. The minimum Gasteiger partial charge on any atom is -0.352 e. The third-order valence-electron chi connectivity index (χ3n) is 6.49. The van der Waals surface area contributed by atoms with Gasteiger partial charge in [-0.05, 0) is 53.4 Å². The van der Waals surface area contributed by atoms with Crippen LogP contribution in [0.2, 0.25) is 0 Å². The van der Waals surface area contributed by atoms with Crippen LogP contribution < -0.4 is 10.2 Å². The van der Waals surface area contributed by atoms with Gasteiger partial charge in [0.05, 0.1) is 12.1 Å². The van der Waals surface area contributed by atoms with Gasteiger partial charge in [-0.2, -0.15) is 5.21 Å². The molecule has 0 aliphatic heterocycles. The van der Waals surface area contributed by atoms with Crippen molar-refractivity contribution in [3.63, 3.8) is 0 Å². The number of hydrogen-bond acceptors (Lipinski definition) is 6. The Labute approximate surface area is 234 Å². The van der Waals surface area contributed by atoms with Crippen molar-refractivity contribution in [1.82, 2.24) is 25.6 Å². The van der Waals surface area contributed by atoms with Gasteiger partial charge < -0.3 is 10.2 Å². The first-order chi connectivity index (χ1) is 19.4. The molecule has 5 rings (SSSR count). The molecule has 1 amide bonds. The molecule has 0 aliphatic carbocycles. The summed E-state index contributed by atoms with van der Waals surface area (Å²) in [6, 6.07) is 30.0. The number of aryl methyl sites for hydroxylation is 1. The molecule has 8 heteroatoms. The zero-order valence-corrected chi connectivity index (χ0v) is 23.0. The summed E-state index contributed by atoms with van der Waals surface area (Å²) in [4.78, 5) is 20.6. The lowest BCUT2D eigenvalue weighted by atomic mass is 10.0. The Bertz CT molecular complexity index is 1550. The molecule has 0 aliphatic rings. The van der Waals surface area contributed by atoms with Crippen LogP contribution in [-0.4, -0.2) is 38.1 Å². The SMILES string of the molecule is Cc1ccc(NC(=O)Cc2cc(-c3ccccc3-c3nn[nH]n3)nc(N(Cc3ccccc3)CC(C)C)c2)cc1. The second-order valence-corrected chi connectivity index (χ2v) is 10.4. The highest BCUT2D eigenvalue weighted by Crippen LogP contribution is 2.31. The van der Waals surface area contributed by atoms with Crippen LogP contribution in [0.4, 0.5) is 11.5 Å². The van der Waals surface area contributed by atoms with Gasteiger partial charge in [-0.3, -0.25) is 4.79 Å². The smallest absolute Gasteiger partial charge is 0.228 e. The molecule has 0 saturated carbocycles. The van der Waals surface area contributed by atoms with Gasteiger partial charge in [0.25, 0.3) is 0 Å². The Balaban J connectivity index is 1.55. The van der Waals surface area contributed by atoms with Gasteiger partial charge in [0.15, 0.2) is 0 Å². The number of amides is 1. The molecule has 0 radical (unpaired) electrons. The molecule has 0 bridgehead atoms. The van der Waals surface area contributed by atoms with Crippen molar-refractivity contribution in [1.29, 1.82) is 0 Å². The average molecular weight is 532 g/mol. The number of hydrogen-bond donors (Lipinski definition) is 2. The van der Waals surface area contributed by atoms with Crippen LogP contribution in [0.5, 0.6) is 0 Å². The fourth-order valence-electron chi connectivity index (χ4n) is 4.66. The number of nitrogens with zero attached hydrogens (tertiary/aromatic N) is 5. The third kappa shape index (κ3) is 6.77. The van der Waals surface area contributed by atoms with E-state index in [4.69, 9.17) is 4.98 Å². The highest BCUT2D eigenvalue weighted by atomic mass is 16.1. The summed E-state index contributed by atoms with van der Waals surface area (Å²) in [6.07, 6.45) is 0.210. The Morgan fingerprint density at radius 1 is 0.900 bits per heavy atom. The number of aromatic nitrogens is 5. The molecule has 0 atom stereocenters. The molecule has 40 heavy (non-hydrogen) atoms. The molecule has 0 saturated heterocycles. The zero-order valence-electron chi connectivity index (χ0n) is 23.0. The topological polar surface area (TPSA) is 99.7 Å². The number of carbonyl (C=O) groups is 1. The van der Waals surface area contributed by atoms with Crippen LogP contribution in [0.1, 0.15) is 30.5 Å². The second-order valence-electron chi connectivity index (χ2n) is 10.4.